The van der Waals surface area contributed by atoms with Gasteiger partial charge in [-0.2, -0.15) is 0 Å². The van der Waals surface area contributed by atoms with Gasteiger partial charge in [-0.1, -0.05) is 0 Å². The van der Waals surface area contributed by atoms with Gasteiger partial charge in [-0.25, -0.2) is 4.79 Å². The van der Waals surface area contributed by atoms with Crippen LogP contribution in [0, 0.1) is 0 Å². The molecular weight excluding hydrogens is 212 g/mol. The number of rotatable bonds is 3. The van der Waals surface area contributed by atoms with Crippen LogP contribution < -0.4 is 0 Å². The minimum absolute atomic E-state index is 0.00524. The highest BCUT2D eigenvalue weighted by molar-refractivity contribution is 6.07. The van der Waals surface area contributed by atoms with E-state index in [9.17, 15) is 9.59 Å². The summed E-state index contributed by atoms with van der Waals surface area (Å²) in [6.45, 7) is 0. The molecule has 0 bridgehead atoms. The van der Waals surface area contributed by atoms with Crippen molar-refractivity contribution in [1.82, 2.24) is 0 Å². The highest BCUT2D eigenvalue weighted by Gasteiger charge is 2.17. The molecule has 0 aliphatic heterocycles. The second-order valence-corrected chi connectivity index (χ2v) is 3.00. The fraction of sp³-hybridized carbons (Fsp3) is 0.0909. The number of esters is 1. The Hall–Kier alpha value is -2.30. The molecule has 0 radical (unpaired) electrons. The number of carbonyl (C=O) groups is 2. The maximum atomic E-state index is 11.7. The SMILES string of the molecule is COC(=O)c1ccc(C(=O)c2ccoc2)o1. The molecule has 82 valence electrons. The topological polar surface area (TPSA) is 69.7 Å². The van der Waals surface area contributed by atoms with Crippen LogP contribution in [0.2, 0.25) is 0 Å². The predicted octanol–water partition coefficient (Wildman–Crippen LogP) is 1.89. The summed E-state index contributed by atoms with van der Waals surface area (Å²) in [5, 5.41) is 0. The Kier molecular flexibility index (Phi) is 2.59. The van der Waals surface area contributed by atoms with Gasteiger partial charge in [-0.15, -0.1) is 0 Å². The molecule has 0 aromatic carbocycles. The van der Waals surface area contributed by atoms with Crippen molar-refractivity contribution in [2.45, 2.75) is 0 Å². The molecule has 0 saturated heterocycles. The molecule has 2 aromatic rings. The van der Waals surface area contributed by atoms with Gasteiger partial charge in [-0.3, -0.25) is 4.79 Å². The van der Waals surface area contributed by atoms with E-state index in [1.54, 1.807) is 0 Å². The Morgan fingerprint density at radius 3 is 2.56 bits per heavy atom. The smallest absolute Gasteiger partial charge is 0.373 e. The summed E-state index contributed by atoms with van der Waals surface area (Å²) in [5.74, 6) is -0.897. The largest absolute Gasteiger partial charge is 0.472 e. The van der Waals surface area contributed by atoms with Crippen molar-refractivity contribution in [3.63, 3.8) is 0 Å². The summed E-state index contributed by atoms with van der Waals surface area (Å²) in [4.78, 5) is 22.8. The zero-order chi connectivity index (χ0) is 11.5. The third kappa shape index (κ3) is 1.75. The first-order valence-corrected chi connectivity index (χ1v) is 4.47. The van der Waals surface area contributed by atoms with Crippen molar-refractivity contribution in [3.8, 4) is 0 Å². The first-order chi connectivity index (χ1) is 7.72. The number of carbonyl (C=O) groups excluding carboxylic acids is 2. The van der Waals surface area contributed by atoms with Crippen molar-refractivity contribution in [2.75, 3.05) is 7.11 Å². The van der Waals surface area contributed by atoms with Gasteiger partial charge in [0.15, 0.2) is 5.76 Å². The number of ketones is 1. The van der Waals surface area contributed by atoms with Crippen LogP contribution in [0.3, 0.4) is 0 Å². The molecule has 5 nitrogen and oxygen atoms in total. The quantitative estimate of drug-likeness (QED) is 0.583. The zero-order valence-corrected chi connectivity index (χ0v) is 8.43. The van der Waals surface area contributed by atoms with E-state index >= 15 is 0 Å². The van der Waals surface area contributed by atoms with E-state index in [-0.39, 0.29) is 17.3 Å². The summed E-state index contributed by atoms with van der Waals surface area (Å²) >= 11 is 0. The van der Waals surface area contributed by atoms with Crippen molar-refractivity contribution >= 4 is 11.8 Å². The molecular formula is C11H8O5. The predicted molar refractivity (Wildman–Crippen MR) is 52.2 cm³/mol. The molecule has 2 rings (SSSR count). The number of ether oxygens (including phenoxy) is 1. The van der Waals surface area contributed by atoms with Crippen LogP contribution in [0.4, 0.5) is 0 Å². The molecule has 0 unspecified atom stereocenters. The molecule has 0 fully saturated rings. The van der Waals surface area contributed by atoms with Crippen molar-refractivity contribution in [3.05, 3.63) is 47.8 Å². The fourth-order valence-corrected chi connectivity index (χ4v) is 1.21. The Morgan fingerprint density at radius 1 is 1.19 bits per heavy atom. The minimum atomic E-state index is -0.619. The fourth-order valence-electron chi connectivity index (χ4n) is 1.21. The van der Waals surface area contributed by atoms with Gasteiger partial charge in [0, 0.05) is 0 Å². The summed E-state index contributed by atoms with van der Waals surface area (Å²) in [7, 11) is 1.24. The number of hydrogen-bond acceptors (Lipinski definition) is 5. The lowest BCUT2D eigenvalue weighted by atomic mass is 10.2. The summed E-state index contributed by atoms with van der Waals surface area (Å²) in [6, 6.07) is 4.32. The number of hydrogen-bond donors (Lipinski definition) is 0. The summed E-state index contributed by atoms with van der Waals surface area (Å²) in [6.07, 6.45) is 2.69. The minimum Gasteiger partial charge on any atom is -0.472 e. The summed E-state index contributed by atoms with van der Waals surface area (Å²) < 4.78 is 14.3. The maximum absolute atomic E-state index is 11.7. The lowest BCUT2D eigenvalue weighted by molar-refractivity contribution is 0.0563. The molecule has 0 N–H and O–H groups in total. The van der Waals surface area contributed by atoms with Crippen LogP contribution in [-0.4, -0.2) is 18.9 Å². The molecule has 0 amide bonds. The molecule has 0 aliphatic rings. The lowest BCUT2D eigenvalue weighted by Gasteiger charge is -1.93. The standard InChI is InChI=1S/C11H8O5/c1-14-11(13)9-3-2-8(16-9)10(12)7-4-5-15-6-7/h2-6H,1H3. The molecule has 0 atom stereocenters. The molecule has 2 heterocycles. The highest BCUT2D eigenvalue weighted by Crippen LogP contribution is 2.14. The second-order valence-electron chi connectivity index (χ2n) is 3.00. The summed E-state index contributed by atoms with van der Waals surface area (Å²) in [5.41, 5.74) is 0.366. The lowest BCUT2D eigenvalue weighted by Crippen LogP contribution is -2.00. The van der Waals surface area contributed by atoms with Gasteiger partial charge in [0.05, 0.1) is 18.9 Å². The second kappa shape index (κ2) is 4.06. The van der Waals surface area contributed by atoms with Crippen molar-refractivity contribution in [2.24, 2.45) is 0 Å². The average Bonchev–Trinajstić information content (AvgIpc) is 2.97. The maximum Gasteiger partial charge on any atom is 0.373 e. The molecule has 0 aliphatic carbocycles. The van der Waals surface area contributed by atoms with Crippen molar-refractivity contribution < 1.29 is 23.2 Å². The van der Waals surface area contributed by atoms with Crippen LogP contribution in [0.5, 0.6) is 0 Å². The first-order valence-electron chi connectivity index (χ1n) is 4.47. The molecule has 16 heavy (non-hydrogen) atoms. The molecule has 0 spiro atoms. The number of methoxy groups -OCH3 is 1. The van der Waals surface area contributed by atoms with Crippen LogP contribution >= 0.6 is 0 Å². The monoisotopic (exact) mass is 220 g/mol. The van der Waals surface area contributed by atoms with E-state index in [1.807, 2.05) is 0 Å². The van der Waals surface area contributed by atoms with Gasteiger partial charge in [0.25, 0.3) is 0 Å². The van der Waals surface area contributed by atoms with E-state index in [0.717, 1.165) is 0 Å². The van der Waals surface area contributed by atoms with E-state index in [4.69, 9.17) is 8.83 Å². The van der Waals surface area contributed by atoms with E-state index in [1.165, 1.54) is 37.8 Å². The molecule has 5 heteroatoms. The Bertz CT molecular complexity index is 506. The van der Waals surface area contributed by atoms with Gasteiger partial charge < -0.3 is 13.6 Å². The number of furan rings is 2. The van der Waals surface area contributed by atoms with Gasteiger partial charge in [0.1, 0.15) is 6.26 Å². The normalized spacial score (nSPS) is 10.1. The average molecular weight is 220 g/mol. The van der Waals surface area contributed by atoms with Crippen molar-refractivity contribution in [1.29, 1.82) is 0 Å². The first kappa shape index (κ1) is 10.2. The Balaban J connectivity index is 2.26. The third-order valence-corrected chi connectivity index (χ3v) is 2.00. The van der Waals surface area contributed by atoms with Gasteiger partial charge in [-0.05, 0) is 18.2 Å². The van der Waals surface area contributed by atoms with Crippen LogP contribution in [0.25, 0.3) is 0 Å². The van der Waals surface area contributed by atoms with Crippen LogP contribution in [-0.2, 0) is 4.74 Å². The molecule has 0 saturated carbocycles. The highest BCUT2D eigenvalue weighted by atomic mass is 16.5. The van der Waals surface area contributed by atoms with E-state index in [2.05, 4.69) is 4.74 Å². The van der Waals surface area contributed by atoms with E-state index < -0.39 is 5.97 Å². The molecule has 2 aromatic heterocycles. The zero-order valence-electron chi connectivity index (χ0n) is 8.43. The van der Waals surface area contributed by atoms with Crippen LogP contribution in [0.15, 0.2) is 39.6 Å². The van der Waals surface area contributed by atoms with Gasteiger partial charge >= 0.3 is 5.97 Å². The van der Waals surface area contributed by atoms with Crippen LogP contribution in [0.1, 0.15) is 26.7 Å². The van der Waals surface area contributed by atoms with E-state index in [0.29, 0.717) is 5.56 Å². The van der Waals surface area contributed by atoms with Gasteiger partial charge in [0.2, 0.25) is 11.5 Å². The third-order valence-electron chi connectivity index (χ3n) is 2.00. The Morgan fingerprint density at radius 2 is 1.94 bits per heavy atom. The Labute approximate surface area is 90.6 Å².